The number of carbonyl (C=O) groups excluding carboxylic acids is 2. The zero-order valence-electron chi connectivity index (χ0n) is 21.3. The van der Waals surface area contributed by atoms with Crippen LogP contribution in [-0.4, -0.2) is 17.9 Å². The molecular weight excluding hydrogens is 565 g/mol. The van der Waals surface area contributed by atoms with E-state index in [1.165, 1.54) is 0 Å². The Morgan fingerprint density at radius 3 is 2.28 bits per heavy atom. The largest absolute Gasteiger partial charge is 0.343 e. The molecule has 0 saturated carbocycles. The lowest BCUT2D eigenvalue weighted by molar-refractivity contribution is 0.0892. The summed E-state index contributed by atoms with van der Waals surface area (Å²) in [5.41, 5.74) is 2.74. The average molecular weight is 591 g/mol. The summed E-state index contributed by atoms with van der Waals surface area (Å²) in [5.74, 6) is -1.12. The van der Waals surface area contributed by atoms with Gasteiger partial charge in [0, 0.05) is 25.6 Å². The topological polar surface area (TPSA) is 46.2 Å². The van der Waals surface area contributed by atoms with Crippen LogP contribution in [0.25, 0.3) is 10.1 Å². The van der Waals surface area contributed by atoms with E-state index in [1.54, 1.807) is 41.3 Å². The van der Waals surface area contributed by atoms with Crippen LogP contribution in [0.1, 0.15) is 48.7 Å². The van der Waals surface area contributed by atoms with Gasteiger partial charge in [-0.05, 0) is 72.7 Å². The minimum Gasteiger partial charge on any atom is -0.343 e. The molecular formula is C32H25Cl2NO2S2. The molecule has 0 radical (unpaired) electrons. The van der Waals surface area contributed by atoms with Gasteiger partial charge in [0.2, 0.25) is 0 Å². The van der Waals surface area contributed by atoms with Crippen LogP contribution in [0.15, 0.2) is 102 Å². The maximum Gasteiger partial charge on any atom is 0.251 e. The van der Waals surface area contributed by atoms with E-state index in [2.05, 4.69) is 11.4 Å². The fourth-order valence-electron chi connectivity index (χ4n) is 4.62. The lowest BCUT2D eigenvalue weighted by atomic mass is 9.83. The summed E-state index contributed by atoms with van der Waals surface area (Å²) in [6, 6.07) is 29.6. The number of ketones is 1. The maximum atomic E-state index is 14.3. The number of aryl methyl sites for hydroxylation is 1. The van der Waals surface area contributed by atoms with Gasteiger partial charge in [-0.15, -0.1) is 23.1 Å². The molecule has 2 atom stereocenters. The molecule has 0 spiro atoms. The number of hydrogen-bond donors (Lipinski definition) is 1. The quantitative estimate of drug-likeness (QED) is 0.145. The van der Waals surface area contributed by atoms with Gasteiger partial charge >= 0.3 is 0 Å². The molecule has 196 valence electrons. The first-order valence-electron chi connectivity index (χ1n) is 12.3. The molecule has 2 unspecified atom stereocenters. The van der Waals surface area contributed by atoms with Gasteiger partial charge in [-0.1, -0.05) is 77.3 Å². The highest BCUT2D eigenvalue weighted by atomic mass is 35.5. The van der Waals surface area contributed by atoms with Crippen molar-refractivity contribution in [1.29, 1.82) is 0 Å². The van der Waals surface area contributed by atoms with Gasteiger partial charge in [0.1, 0.15) is 0 Å². The van der Waals surface area contributed by atoms with Crippen molar-refractivity contribution in [2.45, 2.75) is 23.8 Å². The van der Waals surface area contributed by atoms with E-state index in [0.29, 0.717) is 26.7 Å². The third-order valence-electron chi connectivity index (χ3n) is 6.61. The third-order valence-corrected chi connectivity index (χ3v) is 9.29. The van der Waals surface area contributed by atoms with Gasteiger partial charge in [0.25, 0.3) is 5.91 Å². The van der Waals surface area contributed by atoms with Crippen molar-refractivity contribution < 1.29 is 9.59 Å². The Labute approximate surface area is 246 Å². The van der Waals surface area contributed by atoms with Crippen molar-refractivity contribution in [2.75, 3.05) is 6.26 Å². The van der Waals surface area contributed by atoms with E-state index in [1.807, 2.05) is 86.0 Å². The Bertz CT molecular complexity index is 1630. The SMILES string of the molecule is CSc1ccc(C(=O)C(c2ccc(Cl)c(Cl)c2)C(NC(=O)c2cccc(C)c2)c2cc3ccccc3s2)cc1. The number of fused-ring (bicyclic) bond motifs is 1. The van der Waals surface area contributed by atoms with E-state index < -0.39 is 12.0 Å². The summed E-state index contributed by atoms with van der Waals surface area (Å²) >= 11 is 15.9. The summed E-state index contributed by atoms with van der Waals surface area (Å²) < 4.78 is 1.08. The first kappa shape index (κ1) is 27.5. The second kappa shape index (κ2) is 12.0. The Hall–Kier alpha value is -3.09. The van der Waals surface area contributed by atoms with Gasteiger partial charge in [-0.3, -0.25) is 9.59 Å². The Kier molecular flexibility index (Phi) is 8.43. The predicted molar refractivity (Wildman–Crippen MR) is 165 cm³/mol. The fourth-order valence-corrected chi connectivity index (χ4v) is 6.49. The molecule has 1 N–H and O–H groups in total. The number of benzene rings is 4. The van der Waals surface area contributed by atoms with Crippen molar-refractivity contribution in [3.63, 3.8) is 0 Å². The lowest BCUT2D eigenvalue weighted by Gasteiger charge is -2.27. The van der Waals surface area contributed by atoms with Gasteiger partial charge in [0.15, 0.2) is 5.78 Å². The monoisotopic (exact) mass is 589 g/mol. The standard InChI is InChI=1S/C32H25Cl2NO2S2/c1-19-6-5-8-23(16-19)32(37)35-30(28-18-21-7-3-4-9-27(21)39-28)29(22-12-15-25(33)26(34)17-22)31(36)20-10-13-24(38-2)14-11-20/h3-18,29-30H,1-2H3,(H,35,37). The predicted octanol–water partition coefficient (Wildman–Crippen LogP) is 9.38. The molecule has 0 bridgehead atoms. The van der Waals surface area contributed by atoms with Crippen LogP contribution in [0.4, 0.5) is 0 Å². The van der Waals surface area contributed by atoms with Crippen LogP contribution < -0.4 is 5.32 Å². The van der Waals surface area contributed by atoms with E-state index >= 15 is 0 Å². The molecule has 5 rings (SSSR count). The molecule has 1 aromatic heterocycles. The van der Waals surface area contributed by atoms with Crippen molar-refractivity contribution >= 4 is 68.1 Å². The average Bonchev–Trinajstić information content (AvgIpc) is 3.38. The first-order valence-corrected chi connectivity index (χ1v) is 15.1. The normalized spacial score (nSPS) is 12.7. The van der Waals surface area contributed by atoms with Gasteiger partial charge in [0.05, 0.1) is 22.0 Å². The summed E-state index contributed by atoms with van der Waals surface area (Å²) in [4.78, 5) is 29.9. The summed E-state index contributed by atoms with van der Waals surface area (Å²) in [6.45, 7) is 1.94. The smallest absolute Gasteiger partial charge is 0.251 e. The molecule has 0 aliphatic heterocycles. The van der Waals surface area contributed by atoms with Crippen molar-refractivity contribution in [3.8, 4) is 0 Å². The number of thioether (sulfide) groups is 1. The molecule has 7 heteroatoms. The number of Topliss-reactive ketones (excluding diaryl/α,β-unsaturated/α-hetero) is 1. The highest BCUT2D eigenvalue weighted by molar-refractivity contribution is 7.98. The van der Waals surface area contributed by atoms with Crippen molar-refractivity contribution in [1.82, 2.24) is 5.32 Å². The summed E-state index contributed by atoms with van der Waals surface area (Å²) in [6.07, 6.45) is 1.99. The molecule has 1 amide bonds. The van der Waals surface area contributed by atoms with Crippen LogP contribution >= 0.6 is 46.3 Å². The lowest BCUT2D eigenvalue weighted by Crippen LogP contribution is -2.35. The number of nitrogens with one attached hydrogen (secondary N) is 1. The van der Waals surface area contributed by atoms with E-state index in [0.717, 1.165) is 25.4 Å². The first-order chi connectivity index (χ1) is 18.8. The van der Waals surface area contributed by atoms with E-state index in [4.69, 9.17) is 23.2 Å². The molecule has 4 aromatic carbocycles. The number of carbonyl (C=O) groups is 2. The van der Waals surface area contributed by atoms with Crippen molar-refractivity contribution in [3.05, 3.63) is 134 Å². The van der Waals surface area contributed by atoms with E-state index in [9.17, 15) is 9.59 Å². The van der Waals surface area contributed by atoms with E-state index in [-0.39, 0.29) is 11.7 Å². The molecule has 5 aromatic rings. The van der Waals surface area contributed by atoms with Crippen LogP contribution in [0.3, 0.4) is 0 Å². The second-order valence-electron chi connectivity index (χ2n) is 9.25. The Balaban J connectivity index is 1.67. The molecule has 0 saturated heterocycles. The zero-order chi connectivity index (χ0) is 27.5. The van der Waals surface area contributed by atoms with Gasteiger partial charge < -0.3 is 5.32 Å². The maximum absolute atomic E-state index is 14.3. The fraction of sp³-hybridized carbons (Fsp3) is 0.125. The molecule has 39 heavy (non-hydrogen) atoms. The number of hydrogen-bond acceptors (Lipinski definition) is 4. The number of halogens is 2. The minimum absolute atomic E-state index is 0.118. The summed E-state index contributed by atoms with van der Waals surface area (Å²) in [7, 11) is 0. The number of thiophene rings is 1. The number of amides is 1. The molecule has 1 heterocycles. The van der Waals surface area contributed by atoms with Crippen molar-refractivity contribution in [2.24, 2.45) is 0 Å². The van der Waals surface area contributed by atoms with Crippen LogP contribution in [0.2, 0.25) is 10.0 Å². The van der Waals surface area contributed by atoms with Gasteiger partial charge in [-0.25, -0.2) is 0 Å². The minimum atomic E-state index is -0.748. The second-order valence-corrected chi connectivity index (χ2v) is 12.1. The molecule has 0 fully saturated rings. The van der Waals surface area contributed by atoms with Crippen LogP contribution in [0.5, 0.6) is 0 Å². The zero-order valence-corrected chi connectivity index (χ0v) is 24.4. The molecule has 3 nitrogen and oxygen atoms in total. The Morgan fingerprint density at radius 1 is 0.821 bits per heavy atom. The molecule has 0 aliphatic rings. The summed E-state index contributed by atoms with van der Waals surface area (Å²) in [5, 5.41) is 5.02. The Morgan fingerprint density at radius 2 is 1.59 bits per heavy atom. The van der Waals surface area contributed by atoms with Crippen LogP contribution in [0, 0.1) is 6.92 Å². The van der Waals surface area contributed by atoms with Crippen LogP contribution in [-0.2, 0) is 0 Å². The molecule has 0 aliphatic carbocycles. The highest BCUT2D eigenvalue weighted by Gasteiger charge is 2.35. The third kappa shape index (κ3) is 6.07. The van der Waals surface area contributed by atoms with Gasteiger partial charge in [-0.2, -0.15) is 0 Å². The highest BCUT2D eigenvalue weighted by Crippen LogP contribution is 2.41. The number of rotatable bonds is 8.